The summed E-state index contributed by atoms with van der Waals surface area (Å²) in [4.78, 5) is 11.6. The Bertz CT molecular complexity index is 691. The Labute approximate surface area is 150 Å². The van der Waals surface area contributed by atoms with Crippen LogP contribution in [0.3, 0.4) is 0 Å². The van der Waals surface area contributed by atoms with Crippen molar-refractivity contribution < 1.29 is 13.2 Å². The van der Waals surface area contributed by atoms with E-state index in [1.54, 1.807) is 27.8 Å². The SMILES string of the molecule is CNC(=O)c1ccc(CN(C2CC2)S(=O)(=O)N2CCCCCC2)cc1. The first-order valence-electron chi connectivity index (χ1n) is 9.10. The van der Waals surface area contributed by atoms with Crippen LogP contribution in [0, 0.1) is 0 Å². The van der Waals surface area contributed by atoms with Gasteiger partial charge in [-0.05, 0) is 43.4 Å². The van der Waals surface area contributed by atoms with Gasteiger partial charge in [-0.15, -0.1) is 0 Å². The van der Waals surface area contributed by atoms with E-state index in [0.717, 1.165) is 44.1 Å². The van der Waals surface area contributed by atoms with Crippen molar-refractivity contribution in [3.8, 4) is 0 Å². The van der Waals surface area contributed by atoms with Crippen molar-refractivity contribution in [1.82, 2.24) is 13.9 Å². The van der Waals surface area contributed by atoms with E-state index in [0.29, 0.717) is 25.2 Å². The summed E-state index contributed by atoms with van der Waals surface area (Å²) in [6.45, 7) is 1.62. The van der Waals surface area contributed by atoms with Gasteiger partial charge in [-0.25, -0.2) is 0 Å². The number of nitrogens with one attached hydrogen (secondary N) is 1. The molecule has 0 radical (unpaired) electrons. The molecule has 1 saturated carbocycles. The van der Waals surface area contributed by atoms with Crippen molar-refractivity contribution in [2.45, 2.75) is 51.1 Å². The van der Waals surface area contributed by atoms with E-state index in [1.165, 1.54) is 0 Å². The molecule has 1 N–H and O–H groups in total. The molecule has 25 heavy (non-hydrogen) atoms. The molecule has 2 aliphatic rings. The second-order valence-electron chi connectivity index (χ2n) is 6.87. The molecule has 6 nitrogen and oxygen atoms in total. The second-order valence-corrected chi connectivity index (χ2v) is 8.75. The smallest absolute Gasteiger partial charge is 0.282 e. The highest BCUT2D eigenvalue weighted by Crippen LogP contribution is 2.32. The number of nitrogens with zero attached hydrogens (tertiary/aromatic N) is 2. The Morgan fingerprint density at radius 3 is 2.24 bits per heavy atom. The summed E-state index contributed by atoms with van der Waals surface area (Å²) in [6.07, 6.45) is 5.97. The van der Waals surface area contributed by atoms with Crippen LogP contribution < -0.4 is 5.32 Å². The summed E-state index contributed by atoms with van der Waals surface area (Å²) in [5, 5.41) is 2.59. The van der Waals surface area contributed by atoms with Gasteiger partial charge in [0.15, 0.2) is 0 Å². The topological polar surface area (TPSA) is 69.7 Å². The molecule has 138 valence electrons. The van der Waals surface area contributed by atoms with Crippen LogP contribution in [0.5, 0.6) is 0 Å². The highest BCUT2D eigenvalue weighted by atomic mass is 32.2. The predicted octanol–water partition coefficient (Wildman–Crippen LogP) is 2.13. The van der Waals surface area contributed by atoms with E-state index in [2.05, 4.69) is 5.32 Å². The minimum atomic E-state index is -3.43. The Kier molecular flexibility index (Phi) is 5.76. The summed E-state index contributed by atoms with van der Waals surface area (Å²) in [6, 6.07) is 7.30. The highest BCUT2D eigenvalue weighted by Gasteiger charge is 2.40. The molecule has 1 aliphatic heterocycles. The molecule has 0 aromatic heterocycles. The molecule has 0 spiro atoms. The molecule has 1 amide bonds. The maximum Gasteiger partial charge on any atom is 0.282 e. The fraction of sp³-hybridized carbons (Fsp3) is 0.611. The zero-order valence-electron chi connectivity index (χ0n) is 14.8. The third-order valence-corrected chi connectivity index (χ3v) is 6.96. The molecule has 0 unspecified atom stereocenters. The van der Waals surface area contributed by atoms with E-state index in [4.69, 9.17) is 0 Å². The molecule has 3 rings (SSSR count). The summed E-state index contributed by atoms with van der Waals surface area (Å²) >= 11 is 0. The first-order valence-corrected chi connectivity index (χ1v) is 10.5. The minimum absolute atomic E-state index is 0.117. The molecule has 0 bridgehead atoms. The van der Waals surface area contributed by atoms with Crippen LogP contribution >= 0.6 is 0 Å². The van der Waals surface area contributed by atoms with Gasteiger partial charge in [0.2, 0.25) is 0 Å². The Morgan fingerprint density at radius 1 is 1.12 bits per heavy atom. The fourth-order valence-corrected chi connectivity index (χ4v) is 5.18. The molecule has 7 heteroatoms. The number of hydrogen-bond acceptors (Lipinski definition) is 3. The standard InChI is InChI=1S/C18H27N3O3S/c1-19-18(22)16-8-6-15(7-9-16)14-21(17-10-11-17)25(23,24)20-12-4-2-3-5-13-20/h6-9,17H,2-5,10-14H2,1H3,(H,19,22). The normalized spacial score (nSPS) is 19.6. The summed E-state index contributed by atoms with van der Waals surface area (Å²) < 4.78 is 29.6. The Hall–Kier alpha value is -1.44. The number of amides is 1. The van der Waals surface area contributed by atoms with E-state index >= 15 is 0 Å². The molecule has 1 aromatic carbocycles. The molecule has 2 fully saturated rings. The zero-order valence-corrected chi connectivity index (χ0v) is 15.6. The Morgan fingerprint density at radius 2 is 1.72 bits per heavy atom. The van der Waals surface area contributed by atoms with Gasteiger partial charge in [0.05, 0.1) is 0 Å². The maximum absolute atomic E-state index is 13.1. The van der Waals surface area contributed by atoms with E-state index in [-0.39, 0.29) is 11.9 Å². The molecule has 1 saturated heterocycles. The average Bonchev–Trinajstić information content (AvgIpc) is 3.45. The van der Waals surface area contributed by atoms with Gasteiger partial charge < -0.3 is 5.32 Å². The summed E-state index contributed by atoms with van der Waals surface area (Å²) in [5.41, 5.74) is 1.50. The van der Waals surface area contributed by atoms with Crippen molar-refractivity contribution >= 4 is 16.1 Å². The largest absolute Gasteiger partial charge is 0.355 e. The summed E-state index contributed by atoms with van der Waals surface area (Å²) in [7, 11) is -1.83. The minimum Gasteiger partial charge on any atom is -0.355 e. The first-order chi connectivity index (χ1) is 12.0. The lowest BCUT2D eigenvalue weighted by atomic mass is 10.1. The second kappa shape index (κ2) is 7.85. The predicted molar refractivity (Wildman–Crippen MR) is 97.4 cm³/mol. The van der Waals surface area contributed by atoms with Crippen LogP contribution in [0.4, 0.5) is 0 Å². The molecular formula is C18H27N3O3S. The van der Waals surface area contributed by atoms with Crippen LogP contribution in [-0.2, 0) is 16.8 Å². The van der Waals surface area contributed by atoms with Gasteiger partial charge in [-0.3, -0.25) is 4.79 Å². The number of hydrogen-bond donors (Lipinski definition) is 1. The summed E-state index contributed by atoms with van der Waals surface area (Å²) in [5.74, 6) is -0.136. The highest BCUT2D eigenvalue weighted by molar-refractivity contribution is 7.86. The van der Waals surface area contributed by atoms with Gasteiger partial charge in [0.1, 0.15) is 0 Å². The van der Waals surface area contributed by atoms with E-state index in [1.807, 2.05) is 12.1 Å². The first kappa shape index (κ1) is 18.4. The lowest BCUT2D eigenvalue weighted by Crippen LogP contribution is -2.45. The number of carbonyl (C=O) groups is 1. The van der Waals surface area contributed by atoms with Crippen LogP contribution in [-0.4, -0.2) is 49.1 Å². The molecule has 1 aliphatic carbocycles. The van der Waals surface area contributed by atoms with E-state index in [9.17, 15) is 13.2 Å². The number of rotatable bonds is 6. The molecule has 1 aromatic rings. The van der Waals surface area contributed by atoms with Crippen molar-refractivity contribution in [2.24, 2.45) is 0 Å². The van der Waals surface area contributed by atoms with Crippen molar-refractivity contribution in [3.63, 3.8) is 0 Å². The van der Waals surface area contributed by atoms with Crippen molar-refractivity contribution in [3.05, 3.63) is 35.4 Å². The van der Waals surface area contributed by atoms with Gasteiger partial charge in [-0.1, -0.05) is 25.0 Å². The Balaban J connectivity index is 1.76. The van der Waals surface area contributed by atoms with Crippen molar-refractivity contribution in [1.29, 1.82) is 0 Å². The average molecular weight is 365 g/mol. The van der Waals surface area contributed by atoms with E-state index < -0.39 is 10.2 Å². The van der Waals surface area contributed by atoms with Gasteiger partial charge >= 0.3 is 0 Å². The molecule has 1 heterocycles. The zero-order chi connectivity index (χ0) is 17.9. The quantitative estimate of drug-likeness (QED) is 0.840. The van der Waals surface area contributed by atoms with Crippen LogP contribution in [0.15, 0.2) is 24.3 Å². The van der Waals surface area contributed by atoms with Crippen LogP contribution in [0.2, 0.25) is 0 Å². The van der Waals surface area contributed by atoms with Gasteiger partial charge in [0, 0.05) is 38.3 Å². The fourth-order valence-electron chi connectivity index (χ4n) is 3.27. The van der Waals surface area contributed by atoms with Crippen LogP contribution in [0.1, 0.15) is 54.4 Å². The lowest BCUT2D eigenvalue weighted by molar-refractivity contribution is 0.0963. The third kappa shape index (κ3) is 4.40. The monoisotopic (exact) mass is 365 g/mol. The number of carbonyl (C=O) groups excluding carboxylic acids is 1. The van der Waals surface area contributed by atoms with Crippen molar-refractivity contribution in [2.75, 3.05) is 20.1 Å². The van der Waals surface area contributed by atoms with Gasteiger partial charge in [-0.2, -0.15) is 17.0 Å². The maximum atomic E-state index is 13.1. The third-order valence-electron chi connectivity index (χ3n) is 4.92. The van der Waals surface area contributed by atoms with Gasteiger partial charge in [0.25, 0.3) is 16.1 Å². The molecule has 0 atom stereocenters. The lowest BCUT2D eigenvalue weighted by Gasteiger charge is -2.29. The number of benzene rings is 1. The van der Waals surface area contributed by atoms with Crippen LogP contribution in [0.25, 0.3) is 0 Å². The molecular weight excluding hydrogens is 338 g/mol.